The zero-order valence-electron chi connectivity index (χ0n) is 16.5. The lowest BCUT2D eigenvalue weighted by Gasteiger charge is -2.18. The SMILES string of the molecule is CC(C)Oc1cc(Nc2nc(N[C@@H](C)c3ccc(F)cc3)c(CN)cc2F)n[nH]1. The number of hydrogen-bond acceptors (Lipinski definition) is 6. The molecular formula is C20H24F2N6O. The molecule has 0 fully saturated rings. The molecule has 29 heavy (non-hydrogen) atoms. The van der Waals surface area contributed by atoms with Crippen LogP contribution in [-0.2, 0) is 6.54 Å². The Morgan fingerprint density at radius 1 is 1.10 bits per heavy atom. The van der Waals surface area contributed by atoms with Crippen molar-refractivity contribution in [2.75, 3.05) is 10.6 Å². The number of H-pyrrole nitrogens is 1. The average molecular weight is 402 g/mol. The first kappa shape index (κ1) is 20.5. The van der Waals surface area contributed by atoms with Crippen molar-refractivity contribution in [3.63, 3.8) is 0 Å². The van der Waals surface area contributed by atoms with E-state index in [1.165, 1.54) is 18.2 Å². The van der Waals surface area contributed by atoms with Crippen molar-refractivity contribution in [1.29, 1.82) is 0 Å². The number of ether oxygens (including phenoxy) is 1. The fourth-order valence-corrected chi connectivity index (χ4v) is 2.74. The summed E-state index contributed by atoms with van der Waals surface area (Å²) in [7, 11) is 0. The second-order valence-electron chi connectivity index (χ2n) is 6.86. The number of nitrogens with zero attached hydrogens (tertiary/aromatic N) is 2. The van der Waals surface area contributed by atoms with Gasteiger partial charge in [-0.15, -0.1) is 0 Å². The number of aromatic nitrogens is 3. The summed E-state index contributed by atoms with van der Waals surface area (Å²) in [5, 5.41) is 12.8. The third-order valence-corrected chi connectivity index (χ3v) is 4.16. The largest absolute Gasteiger partial charge is 0.475 e. The molecule has 5 N–H and O–H groups in total. The Balaban J connectivity index is 1.82. The monoisotopic (exact) mass is 402 g/mol. The van der Waals surface area contributed by atoms with Crippen LogP contribution in [0.25, 0.3) is 0 Å². The molecule has 0 saturated heterocycles. The zero-order valence-corrected chi connectivity index (χ0v) is 16.5. The van der Waals surface area contributed by atoms with Crippen LogP contribution in [0, 0.1) is 11.6 Å². The first-order valence-electron chi connectivity index (χ1n) is 9.26. The minimum absolute atomic E-state index is 0.00129. The predicted octanol–water partition coefficient (Wildman–Crippen LogP) is 4.25. The summed E-state index contributed by atoms with van der Waals surface area (Å²) in [5.41, 5.74) is 7.14. The number of anilines is 3. The van der Waals surface area contributed by atoms with Gasteiger partial charge in [0.1, 0.15) is 11.6 Å². The minimum Gasteiger partial charge on any atom is -0.475 e. The van der Waals surface area contributed by atoms with E-state index in [4.69, 9.17) is 10.5 Å². The van der Waals surface area contributed by atoms with Crippen molar-refractivity contribution >= 4 is 17.5 Å². The van der Waals surface area contributed by atoms with E-state index in [-0.39, 0.29) is 30.3 Å². The van der Waals surface area contributed by atoms with Gasteiger partial charge >= 0.3 is 0 Å². The van der Waals surface area contributed by atoms with Gasteiger partial charge in [-0.25, -0.2) is 18.9 Å². The van der Waals surface area contributed by atoms with Gasteiger partial charge in [0.15, 0.2) is 17.5 Å². The van der Waals surface area contributed by atoms with E-state index < -0.39 is 5.82 Å². The second-order valence-corrected chi connectivity index (χ2v) is 6.86. The summed E-state index contributed by atoms with van der Waals surface area (Å²) in [6, 6.07) is 8.88. The number of rotatable bonds is 8. The average Bonchev–Trinajstić information content (AvgIpc) is 3.10. The van der Waals surface area contributed by atoms with Crippen LogP contribution in [0.4, 0.5) is 26.2 Å². The summed E-state index contributed by atoms with van der Waals surface area (Å²) >= 11 is 0. The standard InChI is InChI=1S/C20H24F2N6O/c1-11(2)29-18-9-17(27-28-18)25-20-16(22)8-14(10-23)19(26-20)24-12(3)13-4-6-15(21)7-5-13/h4-9,11-12H,10,23H2,1-3H3,(H3,24,25,26,27,28)/t12-/m0/s1. The van der Waals surface area contributed by atoms with Crippen molar-refractivity contribution in [1.82, 2.24) is 15.2 Å². The molecule has 2 aromatic heterocycles. The minimum atomic E-state index is -0.556. The van der Waals surface area contributed by atoms with Gasteiger partial charge in [0.25, 0.3) is 0 Å². The molecule has 3 aromatic rings. The highest BCUT2D eigenvalue weighted by Crippen LogP contribution is 2.27. The van der Waals surface area contributed by atoms with Crippen LogP contribution in [0.3, 0.4) is 0 Å². The molecule has 0 radical (unpaired) electrons. The Kier molecular flexibility index (Phi) is 6.28. The third kappa shape index (κ3) is 5.20. The highest BCUT2D eigenvalue weighted by atomic mass is 19.1. The zero-order chi connectivity index (χ0) is 21.0. The predicted molar refractivity (Wildman–Crippen MR) is 108 cm³/mol. The maximum absolute atomic E-state index is 14.5. The van der Waals surface area contributed by atoms with Crippen LogP contribution in [0.5, 0.6) is 5.88 Å². The molecule has 0 saturated carbocycles. The normalized spacial score (nSPS) is 12.1. The van der Waals surface area contributed by atoms with E-state index in [0.29, 0.717) is 23.1 Å². The number of nitrogens with one attached hydrogen (secondary N) is 3. The summed E-state index contributed by atoms with van der Waals surface area (Å²) in [6.07, 6.45) is -0.0225. The third-order valence-electron chi connectivity index (χ3n) is 4.16. The van der Waals surface area contributed by atoms with Gasteiger partial charge in [0.2, 0.25) is 5.88 Å². The molecule has 0 aliphatic carbocycles. The van der Waals surface area contributed by atoms with Crippen LogP contribution in [0.2, 0.25) is 0 Å². The lowest BCUT2D eigenvalue weighted by molar-refractivity contribution is 0.232. The fourth-order valence-electron chi connectivity index (χ4n) is 2.74. The molecular weight excluding hydrogens is 378 g/mol. The van der Waals surface area contributed by atoms with Gasteiger partial charge in [-0.1, -0.05) is 12.1 Å². The number of pyridine rings is 1. The smallest absolute Gasteiger partial charge is 0.211 e. The lowest BCUT2D eigenvalue weighted by atomic mass is 10.1. The molecule has 0 amide bonds. The van der Waals surface area contributed by atoms with E-state index >= 15 is 0 Å². The number of benzene rings is 1. The molecule has 154 valence electrons. The molecule has 1 aromatic carbocycles. The molecule has 2 heterocycles. The second kappa shape index (κ2) is 8.87. The van der Waals surface area contributed by atoms with E-state index in [0.717, 1.165) is 5.56 Å². The van der Waals surface area contributed by atoms with E-state index in [1.54, 1.807) is 18.2 Å². The van der Waals surface area contributed by atoms with Crippen molar-refractivity contribution in [2.24, 2.45) is 5.73 Å². The maximum atomic E-state index is 14.5. The lowest BCUT2D eigenvalue weighted by Crippen LogP contribution is -2.13. The van der Waals surface area contributed by atoms with Gasteiger partial charge in [-0.3, -0.25) is 0 Å². The Labute approximate surface area is 167 Å². The van der Waals surface area contributed by atoms with Crippen molar-refractivity contribution in [3.8, 4) is 5.88 Å². The molecule has 0 bridgehead atoms. The summed E-state index contributed by atoms with van der Waals surface area (Å²) < 4.78 is 33.2. The highest BCUT2D eigenvalue weighted by molar-refractivity contribution is 5.59. The van der Waals surface area contributed by atoms with Gasteiger partial charge in [-0.05, 0) is 44.5 Å². The van der Waals surface area contributed by atoms with Crippen LogP contribution in [0.1, 0.15) is 37.9 Å². The summed E-state index contributed by atoms with van der Waals surface area (Å²) in [5.74, 6) is 0.394. The molecule has 3 rings (SSSR count). The Hall–Kier alpha value is -3.20. The molecule has 0 aliphatic heterocycles. The molecule has 0 aliphatic rings. The van der Waals surface area contributed by atoms with E-state index in [1.807, 2.05) is 20.8 Å². The first-order chi connectivity index (χ1) is 13.9. The molecule has 1 atom stereocenters. The van der Waals surface area contributed by atoms with Gasteiger partial charge < -0.3 is 21.1 Å². The van der Waals surface area contributed by atoms with Gasteiger partial charge in [-0.2, -0.15) is 5.10 Å². The van der Waals surface area contributed by atoms with Crippen LogP contribution in [-0.4, -0.2) is 21.3 Å². The Bertz CT molecular complexity index is 958. The van der Waals surface area contributed by atoms with E-state index in [2.05, 4.69) is 25.8 Å². The van der Waals surface area contributed by atoms with Crippen molar-refractivity contribution in [2.45, 2.75) is 39.5 Å². The summed E-state index contributed by atoms with van der Waals surface area (Å²) in [4.78, 5) is 4.35. The Morgan fingerprint density at radius 3 is 2.48 bits per heavy atom. The number of nitrogens with two attached hydrogens (primary N) is 1. The van der Waals surface area contributed by atoms with Crippen LogP contribution >= 0.6 is 0 Å². The Morgan fingerprint density at radius 2 is 1.83 bits per heavy atom. The molecule has 9 heteroatoms. The summed E-state index contributed by atoms with van der Waals surface area (Å²) in [6.45, 7) is 5.79. The quantitative estimate of drug-likeness (QED) is 0.450. The topological polar surface area (TPSA) is 101 Å². The van der Waals surface area contributed by atoms with E-state index in [9.17, 15) is 8.78 Å². The number of hydrogen-bond donors (Lipinski definition) is 4. The number of halogens is 2. The fraction of sp³-hybridized carbons (Fsp3) is 0.300. The van der Waals surface area contributed by atoms with Crippen molar-refractivity contribution < 1.29 is 13.5 Å². The highest BCUT2D eigenvalue weighted by Gasteiger charge is 2.15. The number of aromatic amines is 1. The molecule has 0 spiro atoms. The van der Waals surface area contributed by atoms with Crippen molar-refractivity contribution in [3.05, 3.63) is 59.2 Å². The van der Waals surface area contributed by atoms with Crippen LogP contribution < -0.4 is 21.1 Å². The van der Waals surface area contributed by atoms with Crippen LogP contribution in [0.15, 0.2) is 36.4 Å². The molecule has 0 unspecified atom stereocenters. The maximum Gasteiger partial charge on any atom is 0.211 e. The van der Waals surface area contributed by atoms with Gasteiger partial charge in [0, 0.05) is 24.2 Å². The van der Waals surface area contributed by atoms with Gasteiger partial charge in [0.05, 0.1) is 6.10 Å². The first-order valence-corrected chi connectivity index (χ1v) is 9.26. The molecule has 7 nitrogen and oxygen atoms in total.